The van der Waals surface area contributed by atoms with Gasteiger partial charge in [0, 0.05) is 7.05 Å². The molecule has 1 heterocycles. The third kappa shape index (κ3) is 4.84. The van der Waals surface area contributed by atoms with Gasteiger partial charge >= 0.3 is 0 Å². The molecule has 2 rings (SSSR count). The number of likely N-dealkylation sites (N-methyl/N-ethyl adjacent to an activating group) is 1. The van der Waals surface area contributed by atoms with E-state index in [1.165, 1.54) is 36.4 Å². The van der Waals surface area contributed by atoms with Crippen molar-refractivity contribution in [1.29, 1.82) is 0 Å². The van der Waals surface area contributed by atoms with E-state index in [1.54, 1.807) is 18.2 Å². The van der Waals surface area contributed by atoms with Crippen molar-refractivity contribution in [2.75, 3.05) is 26.7 Å². The van der Waals surface area contributed by atoms with Crippen molar-refractivity contribution in [3.8, 4) is 5.75 Å². The van der Waals surface area contributed by atoms with Gasteiger partial charge in [0.25, 0.3) is 5.91 Å². The van der Waals surface area contributed by atoms with E-state index < -0.39 is 5.82 Å². The van der Waals surface area contributed by atoms with E-state index in [0.29, 0.717) is 0 Å². The number of hydrogen-bond acceptors (Lipinski definition) is 4. The van der Waals surface area contributed by atoms with Gasteiger partial charge in [-0.2, -0.15) is 0 Å². The molecule has 0 unspecified atom stereocenters. The minimum atomic E-state index is -0.456. The van der Waals surface area contributed by atoms with Crippen LogP contribution in [-0.2, 0) is 4.79 Å². The Morgan fingerprint density at radius 2 is 2.04 bits per heavy atom. The van der Waals surface area contributed by atoms with Gasteiger partial charge in [0.05, 0.1) is 19.4 Å². The van der Waals surface area contributed by atoms with E-state index in [0.717, 1.165) is 0 Å². The van der Waals surface area contributed by atoms with E-state index >= 15 is 0 Å². The number of nitrogens with one attached hydrogen (secondary N) is 1. The van der Waals surface area contributed by atoms with Gasteiger partial charge in [0.1, 0.15) is 6.61 Å². The summed E-state index contributed by atoms with van der Waals surface area (Å²) in [6.07, 6.45) is 1.39. The molecule has 6 nitrogen and oxygen atoms in total. The second-order valence-corrected chi connectivity index (χ2v) is 4.77. The highest BCUT2D eigenvalue weighted by Gasteiger charge is 2.16. The summed E-state index contributed by atoms with van der Waals surface area (Å²) in [7, 11) is 1.50. The van der Waals surface area contributed by atoms with E-state index in [9.17, 15) is 14.0 Å². The third-order valence-corrected chi connectivity index (χ3v) is 2.98. The van der Waals surface area contributed by atoms with E-state index in [1.807, 2.05) is 0 Å². The van der Waals surface area contributed by atoms with E-state index in [2.05, 4.69) is 5.32 Å². The first-order valence-corrected chi connectivity index (χ1v) is 7.01. The molecule has 0 aliphatic rings. The molecule has 7 heteroatoms. The molecular formula is C16H17FN2O4. The molecule has 122 valence electrons. The molecule has 0 radical (unpaired) electrons. The number of furan rings is 1. The van der Waals surface area contributed by atoms with Crippen molar-refractivity contribution in [1.82, 2.24) is 10.2 Å². The summed E-state index contributed by atoms with van der Waals surface area (Å²) < 4.78 is 23.5. The van der Waals surface area contributed by atoms with E-state index in [4.69, 9.17) is 9.15 Å². The molecule has 0 bridgehead atoms. The first-order valence-electron chi connectivity index (χ1n) is 7.01. The van der Waals surface area contributed by atoms with Gasteiger partial charge in [-0.1, -0.05) is 12.1 Å². The maximum absolute atomic E-state index is 13.3. The molecule has 1 aromatic carbocycles. The summed E-state index contributed by atoms with van der Waals surface area (Å²) in [5.41, 5.74) is 0. The van der Waals surface area contributed by atoms with Crippen molar-refractivity contribution in [2.45, 2.75) is 0 Å². The highest BCUT2D eigenvalue weighted by molar-refractivity contribution is 5.94. The Morgan fingerprint density at radius 1 is 1.26 bits per heavy atom. The zero-order chi connectivity index (χ0) is 16.7. The average Bonchev–Trinajstić information content (AvgIpc) is 3.06. The first kappa shape index (κ1) is 16.5. The molecule has 2 amide bonds. The second-order valence-electron chi connectivity index (χ2n) is 4.77. The van der Waals surface area contributed by atoms with Crippen molar-refractivity contribution < 1.29 is 23.1 Å². The van der Waals surface area contributed by atoms with Crippen molar-refractivity contribution >= 4 is 11.8 Å². The number of nitrogens with zero attached hydrogens (tertiary/aromatic N) is 1. The number of carbonyl (C=O) groups is 2. The fourth-order valence-electron chi connectivity index (χ4n) is 1.84. The highest BCUT2D eigenvalue weighted by Crippen LogP contribution is 2.14. The number of amides is 2. The standard InChI is InChI=1S/C16H17FN2O4/c1-19(16(21)14-7-4-9-22-14)11-15(20)18-8-10-23-13-6-3-2-5-12(13)17/h2-7,9H,8,10-11H2,1H3,(H,18,20). The van der Waals surface area contributed by atoms with Crippen LogP contribution < -0.4 is 10.1 Å². The molecule has 0 aliphatic carbocycles. The average molecular weight is 320 g/mol. The van der Waals surface area contributed by atoms with Crippen molar-refractivity contribution in [3.63, 3.8) is 0 Å². The lowest BCUT2D eigenvalue weighted by Crippen LogP contribution is -2.39. The van der Waals surface area contributed by atoms with Gasteiger partial charge in [0.15, 0.2) is 17.3 Å². The third-order valence-electron chi connectivity index (χ3n) is 2.98. The Hall–Kier alpha value is -2.83. The highest BCUT2D eigenvalue weighted by atomic mass is 19.1. The normalized spacial score (nSPS) is 10.2. The fourth-order valence-corrected chi connectivity index (χ4v) is 1.84. The Balaban J connectivity index is 1.69. The zero-order valence-corrected chi connectivity index (χ0v) is 12.6. The number of ether oxygens (including phenoxy) is 1. The SMILES string of the molecule is CN(CC(=O)NCCOc1ccccc1F)C(=O)c1ccco1. The number of benzene rings is 1. The van der Waals surface area contributed by atoms with Crippen LogP contribution in [0.5, 0.6) is 5.75 Å². The summed E-state index contributed by atoms with van der Waals surface area (Å²) in [5, 5.41) is 2.59. The smallest absolute Gasteiger partial charge is 0.289 e. The maximum Gasteiger partial charge on any atom is 0.289 e. The van der Waals surface area contributed by atoms with Crippen LogP contribution in [0.2, 0.25) is 0 Å². The lowest BCUT2D eigenvalue weighted by molar-refractivity contribution is -0.121. The van der Waals surface area contributed by atoms with E-state index in [-0.39, 0.29) is 43.0 Å². The van der Waals surface area contributed by atoms with Crippen molar-refractivity contribution in [3.05, 3.63) is 54.2 Å². The lowest BCUT2D eigenvalue weighted by Gasteiger charge is -2.15. The lowest BCUT2D eigenvalue weighted by atomic mass is 10.3. The minimum absolute atomic E-state index is 0.112. The minimum Gasteiger partial charge on any atom is -0.489 e. The monoisotopic (exact) mass is 320 g/mol. The van der Waals surface area contributed by atoms with Crippen molar-refractivity contribution in [2.24, 2.45) is 0 Å². The number of carbonyl (C=O) groups excluding carboxylic acids is 2. The van der Waals surface area contributed by atoms with Crippen LogP contribution in [0, 0.1) is 5.82 Å². The quantitative estimate of drug-likeness (QED) is 0.788. The Labute approximate surface area is 132 Å². The molecule has 0 saturated carbocycles. The van der Waals surface area contributed by atoms with Crippen LogP contribution in [0.15, 0.2) is 47.1 Å². The molecule has 0 saturated heterocycles. The largest absolute Gasteiger partial charge is 0.489 e. The molecule has 2 aromatic rings. The van der Waals surface area contributed by atoms with Gasteiger partial charge in [-0.3, -0.25) is 9.59 Å². The predicted octanol–water partition coefficient (Wildman–Crippen LogP) is 1.69. The fraction of sp³-hybridized carbons (Fsp3) is 0.250. The molecule has 0 aliphatic heterocycles. The van der Waals surface area contributed by atoms with Gasteiger partial charge in [-0.25, -0.2) is 4.39 Å². The number of halogens is 1. The number of hydrogen-bond donors (Lipinski definition) is 1. The molecule has 1 N–H and O–H groups in total. The van der Waals surface area contributed by atoms with Crippen LogP contribution in [0.3, 0.4) is 0 Å². The maximum atomic E-state index is 13.3. The molecule has 0 fully saturated rings. The second kappa shape index (κ2) is 7.98. The topological polar surface area (TPSA) is 71.8 Å². The van der Waals surface area contributed by atoms with Gasteiger partial charge < -0.3 is 19.4 Å². The molecule has 0 spiro atoms. The van der Waals surface area contributed by atoms with Gasteiger partial charge in [0.2, 0.25) is 5.91 Å². The Kier molecular flexibility index (Phi) is 5.74. The zero-order valence-electron chi connectivity index (χ0n) is 12.6. The molecule has 0 atom stereocenters. The Morgan fingerprint density at radius 3 is 2.74 bits per heavy atom. The number of para-hydroxylation sites is 1. The molecule has 1 aromatic heterocycles. The van der Waals surface area contributed by atoms with Crippen LogP contribution >= 0.6 is 0 Å². The summed E-state index contributed by atoms with van der Waals surface area (Å²) in [5.74, 6) is -0.880. The van der Waals surface area contributed by atoms with Crippen LogP contribution in [0.4, 0.5) is 4.39 Å². The van der Waals surface area contributed by atoms with Gasteiger partial charge in [-0.15, -0.1) is 0 Å². The summed E-state index contributed by atoms with van der Waals surface area (Å²) in [6.45, 7) is 0.220. The van der Waals surface area contributed by atoms with Crippen LogP contribution in [0.1, 0.15) is 10.6 Å². The first-order chi connectivity index (χ1) is 11.1. The van der Waals surface area contributed by atoms with Crippen LogP contribution in [0.25, 0.3) is 0 Å². The molecular weight excluding hydrogens is 303 g/mol. The summed E-state index contributed by atoms with van der Waals surface area (Å²) in [4.78, 5) is 24.9. The molecule has 23 heavy (non-hydrogen) atoms. The van der Waals surface area contributed by atoms with Gasteiger partial charge in [-0.05, 0) is 24.3 Å². The van der Waals surface area contributed by atoms with Crippen LogP contribution in [-0.4, -0.2) is 43.5 Å². The Bertz CT molecular complexity index is 658. The summed E-state index contributed by atoms with van der Waals surface area (Å²) in [6, 6.07) is 9.15. The summed E-state index contributed by atoms with van der Waals surface area (Å²) >= 11 is 0. The number of rotatable bonds is 7. The predicted molar refractivity (Wildman–Crippen MR) is 80.6 cm³/mol.